The largest absolute Gasteiger partial charge is 0.301 e. The molecule has 1 atom stereocenters. The predicted molar refractivity (Wildman–Crippen MR) is 94.6 cm³/mol. The van der Waals surface area contributed by atoms with E-state index in [4.69, 9.17) is 0 Å². The van der Waals surface area contributed by atoms with Crippen molar-refractivity contribution in [1.82, 2.24) is 0 Å². The van der Waals surface area contributed by atoms with Gasteiger partial charge in [0.15, 0.2) is 0 Å². The number of rotatable bonds is 4. The lowest BCUT2D eigenvalue weighted by molar-refractivity contribution is 0.0978. The summed E-state index contributed by atoms with van der Waals surface area (Å²) < 4.78 is 0. The van der Waals surface area contributed by atoms with Gasteiger partial charge in [0.2, 0.25) is 0 Å². The van der Waals surface area contributed by atoms with Gasteiger partial charge >= 0.3 is 0 Å². The minimum Gasteiger partial charge on any atom is -0.301 e. The van der Waals surface area contributed by atoms with Crippen LogP contribution in [0.25, 0.3) is 0 Å². The number of carbonyl (C=O) groups excluding carboxylic acids is 1. The van der Waals surface area contributed by atoms with Gasteiger partial charge in [0.25, 0.3) is 5.91 Å². The molecule has 0 aliphatic heterocycles. The number of hydrogen-bond acceptors (Lipinski definition) is 1. The van der Waals surface area contributed by atoms with Gasteiger partial charge in [-0.1, -0.05) is 66.7 Å². The van der Waals surface area contributed by atoms with Crippen LogP contribution in [0.4, 0.5) is 5.69 Å². The van der Waals surface area contributed by atoms with Crippen molar-refractivity contribution in [1.29, 1.82) is 0 Å². The summed E-state index contributed by atoms with van der Waals surface area (Å²) in [5.41, 5.74) is 2.71. The van der Waals surface area contributed by atoms with Crippen LogP contribution in [0.5, 0.6) is 0 Å². The molecular weight excluding hydrogens is 282 g/mol. The molecule has 1 amide bonds. The zero-order chi connectivity index (χ0) is 16.1. The number of para-hydroxylation sites is 1. The lowest BCUT2D eigenvalue weighted by atomic mass is 10.0. The summed E-state index contributed by atoms with van der Waals surface area (Å²) in [5, 5.41) is 0. The summed E-state index contributed by atoms with van der Waals surface area (Å²) in [5.74, 6) is 0.00755. The van der Waals surface area contributed by atoms with Crippen LogP contribution in [0.1, 0.15) is 28.9 Å². The van der Waals surface area contributed by atoms with E-state index in [9.17, 15) is 4.79 Å². The molecule has 0 fully saturated rings. The van der Waals surface area contributed by atoms with E-state index in [0.717, 1.165) is 11.3 Å². The second-order valence-corrected chi connectivity index (χ2v) is 5.46. The predicted octanol–water partition coefficient (Wildman–Crippen LogP) is 5.09. The molecule has 0 radical (unpaired) electrons. The highest BCUT2D eigenvalue weighted by atomic mass is 16.2. The molecule has 3 aromatic carbocycles. The second-order valence-electron chi connectivity index (χ2n) is 5.46. The summed E-state index contributed by atoms with van der Waals surface area (Å²) in [6, 6.07) is 29.3. The van der Waals surface area contributed by atoms with Crippen LogP contribution in [-0.2, 0) is 0 Å². The molecule has 0 aromatic heterocycles. The molecule has 0 N–H and O–H groups in total. The number of anilines is 1. The third-order valence-corrected chi connectivity index (χ3v) is 3.94. The maximum Gasteiger partial charge on any atom is 0.258 e. The van der Waals surface area contributed by atoms with Crippen LogP contribution in [0.3, 0.4) is 0 Å². The Balaban J connectivity index is 2.03. The number of benzene rings is 3. The third-order valence-electron chi connectivity index (χ3n) is 3.94. The van der Waals surface area contributed by atoms with Crippen molar-refractivity contribution in [3.05, 3.63) is 102 Å². The minimum absolute atomic E-state index is 0.00755. The smallest absolute Gasteiger partial charge is 0.258 e. The van der Waals surface area contributed by atoms with Crippen LogP contribution in [0.2, 0.25) is 0 Å². The zero-order valence-corrected chi connectivity index (χ0v) is 13.1. The third kappa shape index (κ3) is 3.32. The Morgan fingerprint density at radius 1 is 0.739 bits per heavy atom. The zero-order valence-electron chi connectivity index (χ0n) is 13.1. The van der Waals surface area contributed by atoms with Gasteiger partial charge in [-0.05, 0) is 36.8 Å². The van der Waals surface area contributed by atoms with Gasteiger partial charge in [-0.25, -0.2) is 0 Å². The van der Waals surface area contributed by atoms with E-state index in [1.165, 1.54) is 0 Å². The summed E-state index contributed by atoms with van der Waals surface area (Å²) in [4.78, 5) is 14.9. The first-order valence-corrected chi connectivity index (χ1v) is 7.76. The van der Waals surface area contributed by atoms with Gasteiger partial charge < -0.3 is 4.90 Å². The molecule has 23 heavy (non-hydrogen) atoms. The van der Waals surface area contributed by atoms with Crippen molar-refractivity contribution < 1.29 is 4.79 Å². The van der Waals surface area contributed by atoms with Gasteiger partial charge in [0.1, 0.15) is 0 Å². The van der Waals surface area contributed by atoms with Crippen LogP contribution < -0.4 is 4.90 Å². The molecule has 0 aliphatic carbocycles. The Labute approximate surface area is 137 Å². The molecule has 114 valence electrons. The number of nitrogens with zero attached hydrogens (tertiary/aromatic N) is 1. The van der Waals surface area contributed by atoms with Crippen LogP contribution in [0.15, 0.2) is 91.0 Å². The van der Waals surface area contributed by atoms with E-state index in [2.05, 4.69) is 19.1 Å². The van der Waals surface area contributed by atoms with Gasteiger partial charge in [-0.15, -0.1) is 0 Å². The maximum atomic E-state index is 13.1. The molecule has 0 spiro atoms. The van der Waals surface area contributed by atoms with E-state index in [0.29, 0.717) is 5.56 Å². The molecule has 0 bridgehead atoms. The van der Waals surface area contributed by atoms with Crippen molar-refractivity contribution in [3.63, 3.8) is 0 Å². The summed E-state index contributed by atoms with van der Waals surface area (Å²) in [6.45, 7) is 2.06. The van der Waals surface area contributed by atoms with E-state index in [1.54, 1.807) is 0 Å². The van der Waals surface area contributed by atoms with Gasteiger partial charge in [-0.3, -0.25) is 4.79 Å². The van der Waals surface area contributed by atoms with Crippen molar-refractivity contribution in [2.45, 2.75) is 13.0 Å². The Morgan fingerprint density at radius 3 is 1.78 bits per heavy atom. The van der Waals surface area contributed by atoms with E-state index in [1.807, 2.05) is 83.8 Å². The fraction of sp³-hybridized carbons (Fsp3) is 0.0952. The highest BCUT2D eigenvalue weighted by molar-refractivity contribution is 6.06. The van der Waals surface area contributed by atoms with E-state index in [-0.39, 0.29) is 11.9 Å². The van der Waals surface area contributed by atoms with Crippen LogP contribution in [-0.4, -0.2) is 5.91 Å². The standard InChI is InChI=1S/C21H19NO/c1-17(18-11-5-2-6-12-18)22(20-15-9-4-10-16-20)21(23)19-13-7-3-8-14-19/h2-17H,1H3/t17-/m1/s1. The molecule has 0 saturated carbocycles. The molecule has 2 heteroatoms. The average Bonchev–Trinajstić information content (AvgIpc) is 2.64. The lowest BCUT2D eigenvalue weighted by Crippen LogP contribution is -2.33. The number of amides is 1. The fourth-order valence-corrected chi connectivity index (χ4v) is 2.71. The first-order chi connectivity index (χ1) is 11.3. The Bertz CT molecular complexity index is 754. The van der Waals surface area contributed by atoms with Crippen LogP contribution in [0, 0.1) is 0 Å². The van der Waals surface area contributed by atoms with Gasteiger partial charge in [-0.2, -0.15) is 0 Å². The highest BCUT2D eigenvalue weighted by Gasteiger charge is 2.24. The minimum atomic E-state index is -0.0497. The molecule has 0 unspecified atom stereocenters. The summed E-state index contributed by atoms with van der Waals surface area (Å²) >= 11 is 0. The molecule has 2 nitrogen and oxygen atoms in total. The summed E-state index contributed by atoms with van der Waals surface area (Å²) in [6.07, 6.45) is 0. The Morgan fingerprint density at radius 2 is 1.22 bits per heavy atom. The molecule has 3 aromatic rings. The van der Waals surface area contributed by atoms with E-state index >= 15 is 0 Å². The fourth-order valence-electron chi connectivity index (χ4n) is 2.71. The van der Waals surface area contributed by atoms with Crippen molar-refractivity contribution in [2.75, 3.05) is 4.90 Å². The monoisotopic (exact) mass is 301 g/mol. The molecule has 3 rings (SSSR count). The SMILES string of the molecule is C[C@H](c1ccccc1)N(C(=O)c1ccccc1)c1ccccc1. The van der Waals surface area contributed by atoms with Crippen LogP contribution >= 0.6 is 0 Å². The quantitative estimate of drug-likeness (QED) is 0.657. The second kappa shape index (κ2) is 6.93. The van der Waals surface area contributed by atoms with Gasteiger partial charge in [0.05, 0.1) is 6.04 Å². The molecule has 0 heterocycles. The molecule has 0 aliphatic rings. The maximum absolute atomic E-state index is 13.1. The van der Waals surface area contributed by atoms with Gasteiger partial charge in [0, 0.05) is 11.3 Å². The number of carbonyl (C=O) groups is 1. The van der Waals surface area contributed by atoms with Crippen molar-refractivity contribution in [2.24, 2.45) is 0 Å². The number of hydrogen-bond donors (Lipinski definition) is 0. The molecular formula is C21H19NO. The van der Waals surface area contributed by atoms with E-state index < -0.39 is 0 Å². The Kier molecular flexibility index (Phi) is 4.53. The normalized spacial score (nSPS) is 11.7. The molecule has 0 saturated heterocycles. The first kappa shape index (κ1) is 15.0. The first-order valence-electron chi connectivity index (χ1n) is 7.76. The van der Waals surface area contributed by atoms with Crippen molar-refractivity contribution >= 4 is 11.6 Å². The lowest BCUT2D eigenvalue weighted by Gasteiger charge is -2.30. The average molecular weight is 301 g/mol. The Hall–Kier alpha value is -2.87. The summed E-state index contributed by atoms with van der Waals surface area (Å²) in [7, 11) is 0. The van der Waals surface area contributed by atoms with Crippen molar-refractivity contribution in [3.8, 4) is 0 Å². The highest BCUT2D eigenvalue weighted by Crippen LogP contribution is 2.28. The topological polar surface area (TPSA) is 20.3 Å².